The van der Waals surface area contributed by atoms with Crippen molar-refractivity contribution in [3.63, 3.8) is 0 Å². The fourth-order valence-corrected chi connectivity index (χ4v) is 3.90. The predicted molar refractivity (Wildman–Crippen MR) is 124 cm³/mol. The predicted octanol–water partition coefficient (Wildman–Crippen LogP) is 4.43. The van der Waals surface area contributed by atoms with Crippen molar-refractivity contribution in [2.24, 2.45) is 5.92 Å². The molecule has 1 fully saturated rings. The van der Waals surface area contributed by atoms with Crippen molar-refractivity contribution < 1.29 is 28.2 Å². The lowest BCUT2D eigenvalue weighted by molar-refractivity contribution is -0.128. The van der Waals surface area contributed by atoms with E-state index in [4.69, 9.17) is 4.74 Å². The molecule has 2 aromatic carbocycles. The fourth-order valence-electron chi connectivity index (χ4n) is 3.90. The van der Waals surface area contributed by atoms with Crippen LogP contribution in [0.5, 0.6) is 11.5 Å². The van der Waals surface area contributed by atoms with Crippen molar-refractivity contribution >= 4 is 17.7 Å². The van der Waals surface area contributed by atoms with E-state index in [1.54, 1.807) is 41.3 Å². The van der Waals surface area contributed by atoms with Gasteiger partial charge in [0.05, 0.1) is 18.4 Å². The zero-order valence-corrected chi connectivity index (χ0v) is 19.6. The molecule has 1 amide bonds. The number of halogens is 1. The second-order valence-corrected chi connectivity index (χ2v) is 8.50. The highest BCUT2D eigenvalue weighted by molar-refractivity contribution is 5.92. The van der Waals surface area contributed by atoms with Crippen molar-refractivity contribution in [1.82, 2.24) is 15.1 Å². The molecule has 180 valence electrons. The third kappa shape index (κ3) is 5.34. The first-order valence-electron chi connectivity index (χ1n) is 11.1. The Morgan fingerprint density at radius 2 is 1.86 bits per heavy atom. The number of Topliss-reactive ketones (excluding diaryl/α,β-unsaturated/α-hetero) is 1. The van der Waals surface area contributed by atoms with Crippen LogP contribution < -0.4 is 4.74 Å². The van der Waals surface area contributed by atoms with Gasteiger partial charge in [-0.15, -0.1) is 10.2 Å². The largest absolute Gasteiger partial charge is 0.465 e. The Hall–Kier alpha value is -4.14. The second-order valence-electron chi connectivity index (χ2n) is 8.50. The molecule has 4 rings (SSSR count). The Labute approximate surface area is 201 Å². The van der Waals surface area contributed by atoms with Crippen molar-refractivity contribution in [3.8, 4) is 22.8 Å². The van der Waals surface area contributed by atoms with Gasteiger partial charge in [0.1, 0.15) is 23.0 Å². The molecule has 0 bridgehead atoms. The molecular formula is C26H24FN3O5. The Bertz CT molecular complexity index is 1280. The van der Waals surface area contributed by atoms with Crippen LogP contribution in [0.3, 0.4) is 0 Å². The van der Waals surface area contributed by atoms with Crippen LogP contribution in [0.25, 0.3) is 11.3 Å². The van der Waals surface area contributed by atoms with Crippen molar-refractivity contribution in [2.45, 2.75) is 26.8 Å². The number of esters is 1. The SMILES string of the molecule is COC(=O)c1cc(Oc2ccc(-c3ccc(C(C)=O)nn3)cc2)c(CN2CC(C)CC2=O)cc1F. The lowest BCUT2D eigenvalue weighted by Gasteiger charge is -2.20. The van der Waals surface area contributed by atoms with E-state index < -0.39 is 11.8 Å². The number of ketones is 1. The first-order valence-corrected chi connectivity index (χ1v) is 11.1. The molecule has 0 spiro atoms. The van der Waals surface area contributed by atoms with E-state index >= 15 is 0 Å². The zero-order valence-electron chi connectivity index (χ0n) is 19.6. The van der Waals surface area contributed by atoms with Gasteiger partial charge in [-0.2, -0.15) is 0 Å². The van der Waals surface area contributed by atoms with Gasteiger partial charge in [-0.3, -0.25) is 9.59 Å². The molecule has 9 heteroatoms. The summed E-state index contributed by atoms with van der Waals surface area (Å²) in [6.45, 7) is 4.13. The maximum atomic E-state index is 14.7. The van der Waals surface area contributed by atoms with Crippen LogP contribution >= 0.6 is 0 Å². The van der Waals surface area contributed by atoms with Crippen LogP contribution in [-0.4, -0.2) is 46.4 Å². The number of benzene rings is 2. The Kier molecular flexibility index (Phi) is 6.86. The highest BCUT2D eigenvalue weighted by Gasteiger charge is 2.28. The average Bonchev–Trinajstić information content (AvgIpc) is 3.17. The summed E-state index contributed by atoms with van der Waals surface area (Å²) in [6, 6.07) is 12.7. The van der Waals surface area contributed by atoms with Crippen LogP contribution in [-0.2, 0) is 16.1 Å². The molecule has 2 heterocycles. The highest BCUT2D eigenvalue weighted by Crippen LogP contribution is 2.32. The van der Waals surface area contributed by atoms with Crippen molar-refractivity contribution in [2.75, 3.05) is 13.7 Å². The number of nitrogens with zero attached hydrogens (tertiary/aromatic N) is 3. The highest BCUT2D eigenvalue weighted by atomic mass is 19.1. The summed E-state index contributed by atoms with van der Waals surface area (Å²) in [4.78, 5) is 37.4. The first-order chi connectivity index (χ1) is 16.7. The van der Waals surface area contributed by atoms with E-state index in [9.17, 15) is 18.8 Å². The summed E-state index contributed by atoms with van der Waals surface area (Å²) in [5.41, 5.74) is 1.80. The number of carbonyl (C=O) groups is 3. The Morgan fingerprint density at radius 3 is 2.43 bits per heavy atom. The van der Waals surface area contributed by atoms with E-state index in [1.165, 1.54) is 26.2 Å². The summed E-state index contributed by atoms with van der Waals surface area (Å²) >= 11 is 0. The molecule has 1 unspecified atom stereocenters. The van der Waals surface area contributed by atoms with Gasteiger partial charge in [0.2, 0.25) is 5.91 Å². The van der Waals surface area contributed by atoms with Crippen LogP contribution in [0.4, 0.5) is 4.39 Å². The van der Waals surface area contributed by atoms with Crippen molar-refractivity contribution in [3.05, 3.63) is 71.2 Å². The average molecular weight is 477 g/mol. The molecule has 0 radical (unpaired) electrons. The molecule has 1 atom stereocenters. The summed E-state index contributed by atoms with van der Waals surface area (Å²) in [5.74, 6) is -0.855. The molecule has 8 nitrogen and oxygen atoms in total. The monoisotopic (exact) mass is 477 g/mol. The van der Waals surface area contributed by atoms with Crippen LogP contribution in [0.2, 0.25) is 0 Å². The fraction of sp³-hybridized carbons (Fsp3) is 0.269. The minimum atomic E-state index is -0.826. The number of methoxy groups -OCH3 is 1. The van der Waals surface area contributed by atoms with E-state index in [1.807, 2.05) is 6.92 Å². The number of carbonyl (C=O) groups excluding carboxylic acids is 3. The normalized spacial score (nSPS) is 15.3. The number of ether oxygens (including phenoxy) is 2. The summed E-state index contributed by atoms with van der Waals surface area (Å²) < 4.78 is 25.4. The molecule has 3 aromatic rings. The number of aromatic nitrogens is 2. The van der Waals surface area contributed by atoms with E-state index in [0.29, 0.717) is 30.0 Å². The standard InChI is InChI=1S/C26H24FN3O5/c1-15-10-25(32)30(13-15)14-18-11-21(27)20(26(33)34-3)12-24(18)35-19-6-4-17(5-7-19)23-9-8-22(16(2)31)28-29-23/h4-9,11-12,15H,10,13-14H2,1-3H3. The first kappa shape index (κ1) is 24.0. The zero-order chi connectivity index (χ0) is 25.1. The summed E-state index contributed by atoms with van der Waals surface area (Å²) in [5, 5.41) is 7.99. The van der Waals surface area contributed by atoms with E-state index in [-0.39, 0.29) is 41.2 Å². The van der Waals surface area contributed by atoms with Crippen LogP contribution in [0.1, 0.15) is 46.7 Å². The molecule has 0 saturated carbocycles. The van der Waals surface area contributed by atoms with Gasteiger partial charge in [-0.25, -0.2) is 9.18 Å². The van der Waals surface area contributed by atoms with E-state index in [2.05, 4.69) is 14.9 Å². The number of rotatable bonds is 7. The topological polar surface area (TPSA) is 98.7 Å². The van der Waals surface area contributed by atoms with Gasteiger partial charge in [0.25, 0.3) is 0 Å². The molecule has 0 N–H and O–H groups in total. The minimum Gasteiger partial charge on any atom is -0.465 e. The Balaban J connectivity index is 1.61. The molecule has 1 saturated heterocycles. The van der Waals surface area contributed by atoms with Gasteiger partial charge in [-0.1, -0.05) is 6.92 Å². The lowest BCUT2D eigenvalue weighted by atomic mass is 10.1. The van der Waals surface area contributed by atoms with Crippen LogP contribution in [0, 0.1) is 11.7 Å². The molecule has 1 aliphatic heterocycles. The minimum absolute atomic E-state index is 0.0119. The van der Waals surface area contributed by atoms with Gasteiger partial charge < -0.3 is 14.4 Å². The number of hydrogen-bond acceptors (Lipinski definition) is 7. The molecule has 1 aliphatic rings. The Morgan fingerprint density at radius 1 is 1.11 bits per heavy atom. The second kappa shape index (κ2) is 10.0. The summed E-state index contributed by atoms with van der Waals surface area (Å²) in [6.07, 6.45) is 0.441. The van der Waals surface area contributed by atoms with Crippen LogP contribution in [0.15, 0.2) is 48.5 Å². The third-order valence-corrected chi connectivity index (χ3v) is 5.73. The molecule has 35 heavy (non-hydrogen) atoms. The van der Waals surface area contributed by atoms with Gasteiger partial charge >= 0.3 is 5.97 Å². The maximum Gasteiger partial charge on any atom is 0.340 e. The smallest absolute Gasteiger partial charge is 0.340 e. The lowest BCUT2D eigenvalue weighted by Crippen LogP contribution is -2.25. The maximum absolute atomic E-state index is 14.7. The van der Waals surface area contributed by atoms with Gasteiger partial charge in [0, 0.05) is 37.6 Å². The number of likely N-dealkylation sites (tertiary alicyclic amines) is 1. The summed E-state index contributed by atoms with van der Waals surface area (Å²) in [7, 11) is 1.17. The molecule has 1 aromatic heterocycles. The number of hydrogen-bond donors (Lipinski definition) is 0. The third-order valence-electron chi connectivity index (χ3n) is 5.73. The molecule has 0 aliphatic carbocycles. The quantitative estimate of drug-likeness (QED) is 0.367. The van der Waals surface area contributed by atoms with E-state index in [0.717, 1.165) is 5.56 Å². The van der Waals surface area contributed by atoms with Gasteiger partial charge in [-0.05, 0) is 54.4 Å². The van der Waals surface area contributed by atoms with Crippen molar-refractivity contribution in [1.29, 1.82) is 0 Å². The van der Waals surface area contributed by atoms with Gasteiger partial charge in [0.15, 0.2) is 5.78 Å². The molecular weight excluding hydrogens is 453 g/mol. The number of amides is 1.